The van der Waals surface area contributed by atoms with Crippen LogP contribution in [0.3, 0.4) is 0 Å². The summed E-state index contributed by atoms with van der Waals surface area (Å²) in [5.74, 6) is 0.923. The van der Waals surface area contributed by atoms with Gasteiger partial charge in [0.25, 0.3) is 0 Å². The van der Waals surface area contributed by atoms with Gasteiger partial charge < -0.3 is 10.0 Å². The molecule has 0 radical (unpaired) electrons. The Hall–Kier alpha value is -0.570. The van der Waals surface area contributed by atoms with Gasteiger partial charge in [0.2, 0.25) is 5.91 Å². The average molecular weight is 213 g/mol. The Morgan fingerprint density at radius 2 is 1.87 bits per heavy atom. The van der Waals surface area contributed by atoms with Crippen molar-refractivity contribution in [2.45, 2.75) is 52.7 Å². The monoisotopic (exact) mass is 213 g/mol. The number of carbonyl (C=O) groups excluding carboxylic acids is 1. The fourth-order valence-electron chi connectivity index (χ4n) is 1.90. The summed E-state index contributed by atoms with van der Waals surface area (Å²) in [6.45, 7) is 8.19. The van der Waals surface area contributed by atoms with E-state index in [1.54, 1.807) is 11.8 Å². The molecule has 0 saturated heterocycles. The highest BCUT2D eigenvalue weighted by Gasteiger charge is 2.35. The number of amides is 1. The summed E-state index contributed by atoms with van der Waals surface area (Å²) in [4.78, 5) is 13.9. The van der Waals surface area contributed by atoms with Crippen LogP contribution in [0.4, 0.5) is 0 Å². The van der Waals surface area contributed by atoms with Crippen LogP contribution >= 0.6 is 0 Å². The normalized spacial score (nSPS) is 20.1. The number of rotatable bonds is 5. The summed E-state index contributed by atoms with van der Waals surface area (Å²) in [6.07, 6.45) is 1.93. The molecule has 2 atom stereocenters. The topological polar surface area (TPSA) is 40.5 Å². The highest BCUT2D eigenvalue weighted by molar-refractivity contribution is 5.79. The predicted molar refractivity (Wildman–Crippen MR) is 60.4 cm³/mol. The maximum absolute atomic E-state index is 12.1. The molecular weight excluding hydrogens is 190 g/mol. The highest BCUT2D eigenvalue weighted by atomic mass is 16.3. The van der Waals surface area contributed by atoms with Gasteiger partial charge in [-0.15, -0.1) is 0 Å². The largest absolute Gasteiger partial charge is 0.392 e. The zero-order valence-corrected chi connectivity index (χ0v) is 10.2. The van der Waals surface area contributed by atoms with Crippen LogP contribution in [0.5, 0.6) is 0 Å². The second-order valence-electron chi connectivity index (χ2n) is 5.06. The lowest BCUT2D eigenvalue weighted by molar-refractivity contribution is -0.138. The molecule has 3 heteroatoms. The van der Waals surface area contributed by atoms with Crippen LogP contribution in [0.25, 0.3) is 0 Å². The Morgan fingerprint density at radius 1 is 1.33 bits per heavy atom. The van der Waals surface area contributed by atoms with Crippen molar-refractivity contribution in [2.24, 2.45) is 11.8 Å². The van der Waals surface area contributed by atoms with E-state index in [-0.39, 0.29) is 17.9 Å². The van der Waals surface area contributed by atoms with E-state index in [1.165, 1.54) is 12.8 Å². The number of nitrogens with zero attached hydrogens (tertiary/aromatic N) is 1. The molecule has 1 fully saturated rings. The Morgan fingerprint density at radius 3 is 2.20 bits per heavy atom. The summed E-state index contributed by atoms with van der Waals surface area (Å²) in [5, 5.41) is 9.36. The number of carbonyl (C=O) groups is 1. The minimum atomic E-state index is -0.442. The van der Waals surface area contributed by atoms with Crippen LogP contribution in [0.2, 0.25) is 0 Å². The molecule has 1 rings (SSSR count). The molecule has 1 aliphatic rings. The average Bonchev–Trinajstić information content (AvgIpc) is 2.94. The van der Waals surface area contributed by atoms with Crippen LogP contribution in [0.1, 0.15) is 40.5 Å². The van der Waals surface area contributed by atoms with Gasteiger partial charge in [0.15, 0.2) is 0 Å². The van der Waals surface area contributed by atoms with Gasteiger partial charge in [-0.2, -0.15) is 0 Å². The molecule has 15 heavy (non-hydrogen) atoms. The van der Waals surface area contributed by atoms with E-state index in [9.17, 15) is 9.90 Å². The van der Waals surface area contributed by atoms with Crippen molar-refractivity contribution in [3.8, 4) is 0 Å². The third-order valence-electron chi connectivity index (χ3n) is 3.09. The van der Waals surface area contributed by atoms with Crippen molar-refractivity contribution in [3.63, 3.8) is 0 Å². The van der Waals surface area contributed by atoms with Crippen molar-refractivity contribution in [3.05, 3.63) is 0 Å². The zero-order valence-electron chi connectivity index (χ0n) is 10.2. The number of aliphatic hydroxyl groups is 1. The van der Waals surface area contributed by atoms with Crippen molar-refractivity contribution in [1.29, 1.82) is 0 Å². The zero-order chi connectivity index (χ0) is 11.6. The van der Waals surface area contributed by atoms with E-state index in [0.29, 0.717) is 12.5 Å². The van der Waals surface area contributed by atoms with E-state index < -0.39 is 6.10 Å². The lowest BCUT2D eigenvalue weighted by Crippen LogP contribution is -2.44. The van der Waals surface area contributed by atoms with Crippen LogP contribution in [-0.2, 0) is 4.79 Å². The first-order chi connectivity index (χ1) is 6.93. The maximum Gasteiger partial charge on any atom is 0.225 e. The molecule has 88 valence electrons. The van der Waals surface area contributed by atoms with Crippen LogP contribution in [0, 0.1) is 11.8 Å². The molecule has 0 aromatic heterocycles. The predicted octanol–water partition coefficient (Wildman–Crippen LogP) is 1.65. The van der Waals surface area contributed by atoms with E-state index in [0.717, 1.165) is 0 Å². The van der Waals surface area contributed by atoms with Gasteiger partial charge in [0.1, 0.15) is 0 Å². The van der Waals surface area contributed by atoms with Crippen molar-refractivity contribution >= 4 is 5.91 Å². The Labute approximate surface area is 92.5 Å². The number of aliphatic hydroxyl groups excluding tert-OH is 1. The first-order valence-corrected chi connectivity index (χ1v) is 5.92. The van der Waals surface area contributed by atoms with Gasteiger partial charge in [-0.05, 0) is 39.5 Å². The highest BCUT2D eigenvalue weighted by Crippen LogP contribution is 2.37. The fraction of sp³-hybridized carbons (Fsp3) is 0.917. The molecule has 3 nitrogen and oxygen atoms in total. The summed E-state index contributed by atoms with van der Waals surface area (Å²) >= 11 is 0. The van der Waals surface area contributed by atoms with Gasteiger partial charge in [0.05, 0.1) is 6.10 Å². The molecule has 1 N–H and O–H groups in total. The Balaban J connectivity index is 2.57. The summed E-state index contributed by atoms with van der Waals surface area (Å²) < 4.78 is 0. The molecule has 0 aliphatic heterocycles. The first-order valence-electron chi connectivity index (χ1n) is 5.92. The summed E-state index contributed by atoms with van der Waals surface area (Å²) in [7, 11) is 0. The molecule has 1 saturated carbocycles. The molecular formula is C12H23NO2. The second-order valence-corrected chi connectivity index (χ2v) is 5.06. The second kappa shape index (κ2) is 4.97. The Bertz CT molecular complexity index is 222. The summed E-state index contributed by atoms with van der Waals surface area (Å²) in [6, 6.07) is 0.174. The SMILES string of the molecule is CC(O)CN(C(=O)C(C)C1CC1)C(C)C. The molecule has 0 aromatic carbocycles. The molecule has 0 heterocycles. The lowest BCUT2D eigenvalue weighted by atomic mass is 10.0. The standard InChI is InChI=1S/C12H23NO2/c1-8(2)13(7-9(3)14)12(15)10(4)11-5-6-11/h8-11,14H,5-7H2,1-4H3. The van der Waals surface area contributed by atoms with Gasteiger partial charge in [-0.1, -0.05) is 6.92 Å². The van der Waals surface area contributed by atoms with E-state index in [2.05, 4.69) is 0 Å². The minimum absolute atomic E-state index is 0.131. The van der Waals surface area contributed by atoms with Crippen molar-refractivity contribution in [2.75, 3.05) is 6.54 Å². The molecule has 0 aromatic rings. The van der Waals surface area contributed by atoms with E-state index in [4.69, 9.17) is 0 Å². The molecule has 1 aliphatic carbocycles. The molecule has 2 unspecified atom stereocenters. The van der Waals surface area contributed by atoms with Crippen LogP contribution < -0.4 is 0 Å². The van der Waals surface area contributed by atoms with Gasteiger partial charge in [-0.25, -0.2) is 0 Å². The quantitative estimate of drug-likeness (QED) is 0.754. The van der Waals surface area contributed by atoms with Gasteiger partial charge in [0, 0.05) is 18.5 Å². The van der Waals surface area contributed by atoms with Gasteiger partial charge >= 0.3 is 0 Å². The molecule has 0 spiro atoms. The number of hydrogen-bond acceptors (Lipinski definition) is 2. The fourth-order valence-corrected chi connectivity index (χ4v) is 1.90. The van der Waals surface area contributed by atoms with Gasteiger partial charge in [-0.3, -0.25) is 4.79 Å². The van der Waals surface area contributed by atoms with Crippen molar-refractivity contribution in [1.82, 2.24) is 4.90 Å². The smallest absolute Gasteiger partial charge is 0.225 e. The molecule has 1 amide bonds. The minimum Gasteiger partial charge on any atom is -0.392 e. The lowest BCUT2D eigenvalue weighted by Gasteiger charge is -2.30. The first kappa shape index (κ1) is 12.5. The number of hydrogen-bond donors (Lipinski definition) is 1. The van der Waals surface area contributed by atoms with E-state index in [1.807, 2.05) is 20.8 Å². The van der Waals surface area contributed by atoms with Crippen molar-refractivity contribution < 1.29 is 9.90 Å². The molecule has 0 bridgehead atoms. The van der Waals surface area contributed by atoms with Crippen LogP contribution in [-0.4, -0.2) is 34.6 Å². The van der Waals surface area contributed by atoms with E-state index >= 15 is 0 Å². The third-order valence-corrected chi connectivity index (χ3v) is 3.09. The third kappa shape index (κ3) is 3.49. The van der Waals surface area contributed by atoms with Crippen LogP contribution in [0.15, 0.2) is 0 Å². The Kier molecular flexibility index (Phi) is 4.14. The summed E-state index contributed by atoms with van der Waals surface area (Å²) in [5.41, 5.74) is 0. The maximum atomic E-state index is 12.1.